The first kappa shape index (κ1) is 11.4. The van der Waals surface area contributed by atoms with Crippen LogP contribution in [0.2, 0.25) is 0 Å². The van der Waals surface area contributed by atoms with Gasteiger partial charge >= 0.3 is 0 Å². The van der Waals surface area contributed by atoms with Crippen LogP contribution in [0.15, 0.2) is 48.5 Å². The highest BCUT2D eigenvalue weighted by Crippen LogP contribution is 2.12. The van der Waals surface area contributed by atoms with Crippen LogP contribution in [0.25, 0.3) is 0 Å². The third kappa shape index (κ3) is 2.94. The Balaban J connectivity index is 2.27. The molecule has 0 aliphatic heterocycles. The fourth-order valence-electron chi connectivity index (χ4n) is 1.55. The smallest absolute Gasteiger partial charge is 0.216 e. The highest BCUT2D eigenvalue weighted by Gasteiger charge is 2.00. The van der Waals surface area contributed by atoms with Crippen molar-refractivity contribution in [2.24, 2.45) is 0 Å². The fraction of sp³-hybridized carbons (Fsp3) is 0.133. The van der Waals surface area contributed by atoms with Crippen LogP contribution in [-0.2, 0) is 0 Å². The molecule has 0 unspecified atom stereocenters. The second kappa shape index (κ2) is 4.83. The van der Waals surface area contributed by atoms with E-state index in [1.54, 1.807) is 6.21 Å². The van der Waals surface area contributed by atoms with E-state index in [0.717, 1.165) is 15.9 Å². The summed E-state index contributed by atoms with van der Waals surface area (Å²) in [7, 11) is 0. The van der Waals surface area contributed by atoms with Gasteiger partial charge in [-0.1, -0.05) is 35.4 Å². The van der Waals surface area contributed by atoms with E-state index in [4.69, 9.17) is 0 Å². The topological polar surface area (TPSA) is 26.1 Å². The van der Waals surface area contributed by atoms with Crippen molar-refractivity contribution in [2.45, 2.75) is 13.8 Å². The van der Waals surface area contributed by atoms with E-state index in [0.29, 0.717) is 5.69 Å². The van der Waals surface area contributed by atoms with Gasteiger partial charge in [0.05, 0.1) is 0 Å². The Bertz CT molecular complexity index is 524. The lowest BCUT2D eigenvalue weighted by Crippen LogP contribution is -1.98. The van der Waals surface area contributed by atoms with Crippen molar-refractivity contribution in [2.75, 3.05) is 0 Å². The van der Waals surface area contributed by atoms with Crippen LogP contribution in [0.4, 0.5) is 5.69 Å². The lowest BCUT2D eigenvalue weighted by atomic mass is 10.2. The van der Waals surface area contributed by atoms with Crippen LogP contribution in [0.3, 0.4) is 0 Å². The highest BCUT2D eigenvalue weighted by molar-refractivity contribution is 5.76. The number of aryl methyl sites for hydroxylation is 2. The molecule has 0 aromatic heterocycles. The average molecular weight is 225 g/mol. The minimum atomic E-state index is 0.649. The Morgan fingerprint density at radius 3 is 1.82 bits per heavy atom. The van der Waals surface area contributed by atoms with E-state index in [1.165, 1.54) is 5.56 Å². The minimum Gasteiger partial charge on any atom is -0.618 e. The second-order valence-corrected chi connectivity index (χ2v) is 4.20. The molecule has 0 fully saturated rings. The van der Waals surface area contributed by atoms with Crippen molar-refractivity contribution in [1.29, 1.82) is 0 Å². The quantitative estimate of drug-likeness (QED) is 0.332. The number of nitrogens with zero attached hydrogens (tertiary/aromatic N) is 1. The van der Waals surface area contributed by atoms with Gasteiger partial charge in [0.1, 0.15) is 0 Å². The van der Waals surface area contributed by atoms with Crippen LogP contribution in [-0.4, -0.2) is 11.0 Å². The first-order valence-corrected chi connectivity index (χ1v) is 5.60. The summed E-state index contributed by atoms with van der Waals surface area (Å²) in [5.74, 6) is 0. The molecule has 0 aliphatic carbocycles. The number of rotatable bonds is 2. The minimum absolute atomic E-state index is 0.649. The summed E-state index contributed by atoms with van der Waals surface area (Å²) in [5.41, 5.74) is 3.90. The fourth-order valence-corrected chi connectivity index (χ4v) is 1.55. The molecule has 0 atom stereocenters. The molecule has 0 N–H and O–H groups in total. The standard InChI is InChI=1S/C15H15NO/c1-12-3-7-14(8-4-12)11-16(17)15-9-5-13(2)6-10-15/h3-11H,1-2H3/b16-11-. The molecule has 2 heteroatoms. The molecule has 2 nitrogen and oxygen atoms in total. The highest BCUT2D eigenvalue weighted by atomic mass is 16.5. The number of benzene rings is 2. The summed E-state index contributed by atoms with van der Waals surface area (Å²) in [5, 5.41) is 11.9. The first-order chi connectivity index (χ1) is 8.15. The zero-order valence-corrected chi connectivity index (χ0v) is 10.1. The van der Waals surface area contributed by atoms with Crippen LogP contribution in [0, 0.1) is 19.1 Å². The molecule has 0 heterocycles. The predicted molar refractivity (Wildman–Crippen MR) is 70.8 cm³/mol. The zero-order valence-electron chi connectivity index (χ0n) is 10.1. The first-order valence-electron chi connectivity index (χ1n) is 5.60. The van der Waals surface area contributed by atoms with Crippen molar-refractivity contribution in [3.05, 3.63) is 70.4 Å². The van der Waals surface area contributed by atoms with E-state index in [9.17, 15) is 5.21 Å². The van der Waals surface area contributed by atoms with Crippen molar-refractivity contribution < 1.29 is 4.74 Å². The zero-order chi connectivity index (χ0) is 12.3. The summed E-state index contributed by atoms with van der Waals surface area (Å²) in [6, 6.07) is 15.4. The number of hydrogen-bond donors (Lipinski definition) is 0. The Labute approximate surface area is 101 Å². The Morgan fingerprint density at radius 1 is 0.824 bits per heavy atom. The van der Waals surface area contributed by atoms with Crippen LogP contribution >= 0.6 is 0 Å². The van der Waals surface area contributed by atoms with Crippen molar-refractivity contribution in [3.8, 4) is 0 Å². The molecule has 2 aromatic rings. The maximum absolute atomic E-state index is 11.9. The van der Waals surface area contributed by atoms with E-state index < -0.39 is 0 Å². The Kier molecular flexibility index (Phi) is 3.24. The normalized spacial score (nSPS) is 11.5. The lowest BCUT2D eigenvalue weighted by molar-refractivity contribution is -0.354. The predicted octanol–water partition coefficient (Wildman–Crippen LogP) is 3.56. The third-order valence-corrected chi connectivity index (χ3v) is 2.63. The van der Waals surface area contributed by atoms with Gasteiger partial charge in [0.25, 0.3) is 0 Å². The van der Waals surface area contributed by atoms with Crippen LogP contribution in [0.5, 0.6) is 0 Å². The lowest BCUT2D eigenvalue weighted by Gasteiger charge is -2.03. The molecule has 17 heavy (non-hydrogen) atoms. The molecule has 0 spiro atoms. The van der Waals surface area contributed by atoms with Crippen LogP contribution in [0.1, 0.15) is 16.7 Å². The van der Waals surface area contributed by atoms with Gasteiger partial charge in [0.2, 0.25) is 5.69 Å². The number of hydrogen-bond acceptors (Lipinski definition) is 1. The van der Waals surface area contributed by atoms with Gasteiger partial charge < -0.3 is 5.21 Å². The van der Waals surface area contributed by atoms with E-state index in [-0.39, 0.29) is 0 Å². The van der Waals surface area contributed by atoms with Crippen LogP contribution < -0.4 is 0 Å². The van der Waals surface area contributed by atoms with Gasteiger partial charge in [-0.3, -0.25) is 0 Å². The summed E-state index contributed by atoms with van der Waals surface area (Å²) in [4.78, 5) is 0. The summed E-state index contributed by atoms with van der Waals surface area (Å²) >= 11 is 0. The molecule has 0 bridgehead atoms. The molecule has 2 aromatic carbocycles. The summed E-state index contributed by atoms with van der Waals surface area (Å²) in [6.07, 6.45) is 1.59. The molecule has 0 radical (unpaired) electrons. The van der Waals surface area contributed by atoms with Gasteiger partial charge in [-0.25, -0.2) is 0 Å². The van der Waals surface area contributed by atoms with E-state index in [2.05, 4.69) is 0 Å². The second-order valence-electron chi connectivity index (χ2n) is 4.20. The van der Waals surface area contributed by atoms with Crippen molar-refractivity contribution in [1.82, 2.24) is 0 Å². The van der Waals surface area contributed by atoms with Crippen molar-refractivity contribution >= 4 is 11.9 Å². The molecule has 0 aliphatic rings. The van der Waals surface area contributed by atoms with E-state index >= 15 is 0 Å². The maximum Gasteiger partial charge on any atom is 0.216 e. The van der Waals surface area contributed by atoms with Gasteiger partial charge in [0.15, 0.2) is 6.21 Å². The monoisotopic (exact) mass is 225 g/mol. The molecule has 0 amide bonds. The van der Waals surface area contributed by atoms with Gasteiger partial charge in [0, 0.05) is 17.7 Å². The molecule has 86 valence electrons. The maximum atomic E-state index is 11.9. The van der Waals surface area contributed by atoms with Gasteiger partial charge in [-0.2, -0.15) is 4.74 Å². The Hall–Kier alpha value is -2.09. The molecule has 0 saturated heterocycles. The SMILES string of the molecule is Cc1ccc(/C=[N+](\[O-])c2ccc(C)cc2)cc1. The molecule has 0 saturated carbocycles. The Morgan fingerprint density at radius 2 is 1.29 bits per heavy atom. The van der Waals surface area contributed by atoms with E-state index in [1.807, 2.05) is 62.4 Å². The molecule has 2 rings (SSSR count). The average Bonchev–Trinajstić information content (AvgIpc) is 2.33. The summed E-state index contributed by atoms with van der Waals surface area (Å²) < 4.78 is 0.893. The van der Waals surface area contributed by atoms with Crippen molar-refractivity contribution in [3.63, 3.8) is 0 Å². The largest absolute Gasteiger partial charge is 0.618 e. The molecular weight excluding hydrogens is 210 g/mol. The van der Waals surface area contributed by atoms with Gasteiger partial charge in [-0.05, 0) is 26.0 Å². The van der Waals surface area contributed by atoms with Gasteiger partial charge in [-0.15, -0.1) is 0 Å². The third-order valence-electron chi connectivity index (χ3n) is 2.63. The molecular formula is C15H15NO. The summed E-state index contributed by atoms with van der Waals surface area (Å²) in [6.45, 7) is 4.03.